The number of carbonyl (C=O) groups excluding carboxylic acids is 2. The Morgan fingerprint density at radius 3 is 2.05 bits per heavy atom. The highest BCUT2D eigenvalue weighted by Crippen LogP contribution is 2.25. The van der Waals surface area contributed by atoms with Crippen molar-refractivity contribution in [3.05, 3.63) is 101 Å². The topological polar surface area (TPSA) is 58.6 Å². The Bertz CT molecular complexity index is 1210. The molecule has 1 atom stereocenters. The van der Waals surface area contributed by atoms with Gasteiger partial charge in [-0.05, 0) is 61.1 Å². The van der Waals surface area contributed by atoms with Gasteiger partial charge in [-0.25, -0.2) is 0 Å². The molecule has 0 aliphatic heterocycles. The highest BCUT2D eigenvalue weighted by atomic mass is 35.5. The summed E-state index contributed by atoms with van der Waals surface area (Å²) in [6.45, 7) is 12.2. The van der Waals surface area contributed by atoms with Gasteiger partial charge in [0.05, 0.1) is 0 Å². The second-order valence-electron chi connectivity index (χ2n) is 11.6. The van der Waals surface area contributed by atoms with Gasteiger partial charge in [0.15, 0.2) is 6.61 Å². The van der Waals surface area contributed by atoms with E-state index in [1.165, 1.54) is 5.56 Å². The highest BCUT2D eigenvalue weighted by molar-refractivity contribution is 6.31. The molecule has 0 heterocycles. The normalized spacial score (nSPS) is 12.5. The first-order valence-electron chi connectivity index (χ1n) is 13.0. The highest BCUT2D eigenvalue weighted by Gasteiger charge is 2.32. The molecule has 3 aromatic rings. The van der Waals surface area contributed by atoms with Crippen LogP contribution in [-0.2, 0) is 28.0 Å². The summed E-state index contributed by atoms with van der Waals surface area (Å²) in [5.41, 5.74) is 2.45. The molecule has 0 radical (unpaired) electrons. The molecule has 0 fully saturated rings. The summed E-state index contributed by atoms with van der Waals surface area (Å²) in [4.78, 5) is 28.9. The smallest absolute Gasteiger partial charge is 0.261 e. The molecule has 202 valence electrons. The van der Waals surface area contributed by atoms with Crippen molar-refractivity contribution in [2.75, 3.05) is 6.61 Å². The first kappa shape index (κ1) is 29.2. The van der Waals surface area contributed by atoms with Crippen molar-refractivity contribution < 1.29 is 14.3 Å². The standard InChI is InChI=1S/C32H39ClN2O3/c1-31(2,3)25-16-18-26(19-17-25)38-22-29(36)35(21-24-14-10-11-15-27(24)33)28(30(37)34-32(4,5)6)20-23-12-8-7-9-13-23/h7-19,28H,20-22H2,1-6H3,(H,34,37). The van der Waals surface area contributed by atoms with Crippen LogP contribution in [0.4, 0.5) is 0 Å². The molecule has 3 rings (SSSR count). The SMILES string of the molecule is CC(C)(C)NC(=O)C(Cc1ccccc1)N(Cc1ccccc1Cl)C(=O)COc1ccc(C(C)(C)C)cc1. The molecule has 1 unspecified atom stereocenters. The predicted molar refractivity (Wildman–Crippen MR) is 154 cm³/mol. The van der Waals surface area contributed by atoms with Gasteiger partial charge in [-0.3, -0.25) is 9.59 Å². The number of nitrogens with one attached hydrogen (secondary N) is 1. The number of nitrogens with zero attached hydrogens (tertiary/aromatic N) is 1. The van der Waals surface area contributed by atoms with Crippen LogP contribution in [0.1, 0.15) is 58.2 Å². The molecule has 0 aliphatic carbocycles. The van der Waals surface area contributed by atoms with Crippen molar-refractivity contribution in [3.63, 3.8) is 0 Å². The van der Waals surface area contributed by atoms with Gasteiger partial charge in [0.2, 0.25) is 5.91 Å². The van der Waals surface area contributed by atoms with Gasteiger partial charge in [0.25, 0.3) is 5.91 Å². The number of ether oxygens (including phenoxy) is 1. The number of hydrogen-bond donors (Lipinski definition) is 1. The Kier molecular flexibility index (Phi) is 9.61. The minimum absolute atomic E-state index is 0.0190. The number of amides is 2. The van der Waals surface area contributed by atoms with Crippen LogP contribution in [0.2, 0.25) is 5.02 Å². The predicted octanol–water partition coefficient (Wildman–Crippen LogP) is 6.57. The van der Waals surface area contributed by atoms with E-state index < -0.39 is 11.6 Å². The molecule has 5 nitrogen and oxygen atoms in total. The maximum absolute atomic E-state index is 13.7. The minimum atomic E-state index is -0.757. The average molecular weight is 535 g/mol. The molecule has 6 heteroatoms. The summed E-state index contributed by atoms with van der Waals surface area (Å²) in [5.74, 6) is 0.0777. The van der Waals surface area contributed by atoms with Gasteiger partial charge >= 0.3 is 0 Å². The fraction of sp³-hybridized carbons (Fsp3) is 0.375. The number of rotatable bonds is 9. The fourth-order valence-corrected chi connectivity index (χ4v) is 4.29. The quantitative estimate of drug-likeness (QED) is 0.338. The van der Waals surface area contributed by atoms with Crippen molar-refractivity contribution in [2.24, 2.45) is 0 Å². The van der Waals surface area contributed by atoms with E-state index in [4.69, 9.17) is 16.3 Å². The zero-order chi connectivity index (χ0) is 27.9. The Hall–Kier alpha value is -3.31. The minimum Gasteiger partial charge on any atom is -0.484 e. The maximum Gasteiger partial charge on any atom is 0.261 e. The third-order valence-corrected chi connectivity index (χ3v) is 6.52. The second-order valence-corrected chi connectivity index (χ2v) is 12.0. The van der Waals surface area contributed by atoms with Crippen LogP contribution in [0.3, 0.4) is 0 Å². The second kappa shape index (κ2) is 12.5. The van der Waals surface area contributed by atoms with E-state index in [1.807, 2.05) is 93.6 Å². The Labute approximate surface area is 232 Å². The van der Waals surface area contributed by atoms with Crippen LogP contribution < -0.4 is 10.1 Å². The van der Waals surface area contributed by atoms with Crippen LogP contribution in [0.15, 0.2) is 78.9 Å². The first-order valence-corrected chi connectivity index (χ1v) is 13.3. The zero-order valence-electron chi connectivity index (χ0n) is 23.3. The van der Waals surface area contributed by atoms with Gasteiger partial charge in [0.1, 0.15) is 11.8 Å². The number of halogens is 1. The van der Waals surface area contributed by atoms with Crippen molar-refractivity contribution >= 4 is 23.4 Å². The first-order chi connectivity index (χ1) is 17.8. The van der Waals surface area contributed by atoms with Crippen LogP contribution >= 0.6 is 11.6 Å². The monoisotopic (exact) mass is 534 g/mol. The summed E-state index contributed by atoms with van der Waals surface area (Å²) in [6, 6.07) is 24.1. The van der Waals surface area contributed by atoms with E-state index in [1.54, 1.807) is 11.0 Å². The summed E-state index contributed by atoms with van der Waals surface area (Å²) < 4.78 is 5.91. The molecule has 0 spiro atoms. The van der Waals surface area contributed by atoms with Gasteiger partial charge in [-0.1, -0.05) is 93.0 Å². The van der Waals surface area contributed by atoms with Crippen molar-refractivity contribution in [2.45, 2.75) is 71.5 Å². The van der Waals surface area contributed by atoms with Gasteiger partial charge in [-0.15, -0.1) is 0 Å². The summed E-state index contributed by atoms with van der Waals surface area (Å²) >= 11 is 6.48. The van der Waals surface area contributed by atoms with E-state index in [0.717, 1.165) is 11.1 Å². The Morgan fingerprint density at radius 2 is 1.47 bits per heavy atom. The van der Waals surface area contributed by atoms with Crippen molar-refractivity contribution in [1.82, 2.24) is 10.2 Å². The summed E-state index contributed by atoms with van der Waals surface area (Å²) in [5, 5.41) is 3.60. The number of hydrogen-bond acceptors (Lipinski definition) is 3. The third-order valence-electron chi connectivity index (χ3n) is 6.15. The molecular formula is C32H39ClN2O3. The van der Waals surface area contributed by atoms with E-state index >= 15 is 0 Å². The molecule has 0 aromatic heterocycles. The zero-order valence-corrected chi connectivity index (χ0v) is 24.0. The summed E-state index contributed by atoms with van der Waals surface area (Å²) in [7, 11) is 0. The van der Waals surface area contributed by atoms with E-state index in [-0.39, 0.29) is 30.4 Å². The molecule has 0 bridgehead atoms. The maximum atomic E-state index is 13.7. The lowest BCUT2D eigenvalue weighted by atomic mass is 9.87. The van der Waals surface area contributed by atoms with E-state index in [0.29, 0.717) is 17.2 Å². The lowest BCUT2D eigenvalue weighted by Crippen LogP contribution is -2.55. The molecule has 0 saturated heterocycles. The van der Waals surface area contributed by atoms with Crippen molar-refractivity contribution in [1.29, 1.82) is 0 Å². The molecule has 0 saturated carbocycles. The van der Waals surface area contributed by atoms with Gasteiger partial charge in [-0.2, -0.15) is 0 Å². The van der Waals surface area contributed by atoms with E-state index in [9.17, 15) is 9.59 Å². The third kappa shape index (κ3) is 8.63. The molecule has 3 aromatic carbocycles. The molecule has 1 N–H and O–H groups in total. The van der Waals surface area contributed by atoms with Crippen LogP contribution in [0.5, 0.6) is 5.75 Å². The largest absolute Gasteiger partial charge is 0.484 e. The van der Waals surface area contributed by atoms with Crippen LogP contribution in [-0.4, -0.2) is 34.9 Å². The summed E-state index contributed by atoms with van der Waals surface area (Å²) in [6.07, 6.45) is 0.360. The molecule has 2 amide bonds. The van der Waals surface area contributed by atoms with Gasteiger partial charge in [0, 0.05) is 23.5 Å². The Balaban J connectivity index is 1.91. The van der Waals surface area contributed by atoms with Gasteiger partial charge < -0.3 is 15.0 Å². The fourth-order valence-electron chi connectivity index (χ4n) is 4.10. The number of benzene rings is 3. The lowest BCUT2D eigenvalue weighted by molar-refractivity contribution is -0.143. The van der Waals surface area contributed by atoms with Crippen molar-refractivity contribution in [3.8, 4) is 5.75 Å². The lowest BCUT2D eigenvalue weighted by Gasteiger charge is -2.34. The molecular weight excluding hydrogens is 496 g/mol. The van der Waals surface area contributed by atoms with Crippen LogP contribution in [0, 0.1) is 0 Å². The van der Waals surface area contributed by atoms with E-state index in [2.05, 4.69) is 26.1 Å². The molecule has 0 aliphatic rings. The average Bonchev–Trinajstić information content (AvgIpc) is 2.85. The molecule has 38 heavy (non-hydrogen) atoms. The van der Waals surface area contributed by atoms with Crippen LogP contribution in [0.25, 0.3) is 0 Å². The Morgan fingerprint density at radius 1 is 0.868 bits per heavy atom. The number of carbonyl (C=O) groups is 2.